The molecule has 0 nitrogen and oxygen atoms in total. The van der Waals surface area contributed by atoms with Gasteiger partial charge in [0.1, 0.15) is 0 Å². The second-order valence-electron chi connectivity index (χ2n) is 2.89. The molecule has 10 heavy (non-hydrogen) atoms. The van der Waals surface area contributed by atoms with E-state index in [0.717, 1.165) is 0 Å². The summed E-state index contributed by atoms with van der Waals surface area (Å²) >= 11 is 18.8. The van der Waals surface area contributed by atoms with Crippen molar-refractivity contribution < 1.29 is 0 Å². The fourth-order valence-electron chi connectivity index (χ4n) is 0.671. The normalized spacial score (nSPS) is 19.8. The Morgan fingerprint density at radius 1 is 0.800 bits per heavy atom. The van der Waals surface area contributed by atoms with Crippen LogP contribution in [0.1, 0.15) is 20.8 Å². The van der Waals surface area contributed by atoms with Gasteiger partial charge in [0.15, 0.2) is 0 Å². The average molecular weight is 225 g/mol. The number of rotatable bonds is 3. The van der Waals surface area contributed by atoms with Crippen LogP contribution in [0, 0.1) is 0 Å². The van der Waals surface area contributed by atoms with Crippen molar-refractivity contribution in [1.82, 2.24) is 0 Å². The quantitative estimate of drug-likeness (QED) is 0.615. The van der Waals surface area contributed by atoms with Crippen molar-refractivity contribution in [3.8, 4) is 0 Å². The summed E-state index contributed by atoms with van der Waals surface area (Å²) in [5.41, 5.74) is 0. The first kappa shape index (κ1) is 11.3. The predicted molar refractivity (Wildman–Crippen MR) is 56.1 cm³/mol. The zero-order valence-corrected chi connectivity index (χ0v) is 9.86. The van der Waals surface area contributed by atoms with E-state index in [-0.39, 0.29) is 0 Å². The fraction of sp³-hybridized carbons (Fsp3) is 1.00. The van der Waals surface area contributed by atoms with Gasteiger partial charge in [-0.1, -0.05) is 0 Å². The van der Waals surface area contributed by atoms with E-state index in [2.05, 4.69) is 0 Å². The Bertz CT molecular complexity index is 120. The van der Waals surface area contributed by atoms with E-state index in [0.29, 0.717) is 18.5 Å². The van der Waals surface area contributed by atoms with Crippen molar-refractivity contribution in [3.63, 3.8) is 0 Å². The van der Waals surface area contributed by atoms with Crippen LogP contribution in [0.4, 0.5) is 0 Å². The summed E-state index contributed by atoms with van der Waals surface area (Å²) in [5, 5.41) is 0. The molecule has 0 aromatic rings. The summed E-state index contributed by atoms with van der Waals surface area (Å²) in [6.45, 7) is 5.86. The maximum absolute atomic E-state index is 6.27. The summed E-state index contributed by atoms with van der Waals surface area (Å²) in [5.74, 6) is 0. The molecule has 0 heterocycles. The minimum atomic E-state index is -3.35. The van der Waals surface area contributed by atoms with Crippen molar-refractivity contribution >= 4 is 37.7 Å². The summed E-state index contributed by atoms with van der Waals surface area (Å²) in [7, 11) is 0. The number of halogens is 3. The van der Waals surface area contributed by atoms with Gasteiger partial charge in [-0.3, -0.25) is 0 Å². The van der Waals surface area contributed by atoms with Crippen molar-refractivity contribution in [2.75, 3.05) is 18.5 Å². The molecule has 0 saturated carbocycles. The summed E-state index contributed by atoms with van der Waals surface area (Å²) in [6, 6.07) is 0. The molecule has 0 saturated heterocycles. The Hall–Kier alpha value is 1.30. The van der Waals surface area contributed by atoms with Crippen LogP contribution >= 0.6 is 37.7 Å². The molecular weight excluding hydrogens is 209 g/mol. The Balaban J connectivity index is 4.83. The first-order chi connectivity index (χ1) is 4.21. The van der Waals surface area contributed by atoms with Gasteiger partial charge in [0, 0.05) is 0 Å². The van der Waals surface area contributed by atoms with Crippen molar-refractivity contribution in [3.05, 3.63) is 0 Å². The molecule has 4 heteroatoms. The van der Waals surface area contributed by atoms with Crippen LogP contribution in [0.2, 0.25) is 0 Å². The molecule has 0 atom stereocenters. The Kier molecular flexibility index (Phi) is 2.70. The zero-order valence-electron chi connectivity index (χ0n) is 6.70. The van der Waals surface area contributed by atoms with E-state index in [1.54, 1.807) is 0 Å². The van der Waals surface area contributed by atoms with Crippen molar-refractivity contribution in [2.24, 2.45) is 0 Å². The third-order valence-corrected chi connectivity index (χ3v) is 13.7. The van der Waals surface area contributed by atoms with Crippen LogP contribution in [0.25, 0.3) is 0 Å². The molecule has 66 valence electrons. The molecule has 0 fully saturated rings. The van der Waals surface area contributed by atoms with Crippen LogP contribution in [0.5, 0.6) is 0 Å². The van der Waals surface area contributed by atoms with Crippen molar-refractivity contribution in [2.45, 2.75) is 20.8 Å². The van der Waals surface area contributed by atoms with Gasteiger partial charge in [-0.25, -0.2) is 0 Å². The van der Waals surface area contributed by atoms with Crippen LogP contribution in [0.15, 0.2) is 0 Å². The van der Waals surface area contributed by atoms with Gasteiger partial charge in [0.05, 0.1) is 0 Å². The van der Waals surface area contributed by atoms with Gasteiger partial charge < -0.3 is 0 Å². The zero-order chi connectivity index (χ0) is 8.53. The van der Waals surface area contributed by atoms with E-state index in [1.165, 1.54) is 0 Å². The molecule has 0 amide bonds. The maximum atomic E-state index is 6.27. The Morgan fingerprint density at radius 2 is 1.00 bits per heavy atom. The van der Waals surface area contributed by atoms with Gasteiger partial charge in [0.25, 0.3) is 0 Å². The van der Waals surface area contributed by atoms with Gasteiger partial charge in [0.2, 0.25) is 0 Å². The van der Waals surface area contributed by atoms with E-state index < -0.39 is 4.00 Å². The third-order valence-electron chi connectivity index (χ3n) is 2.42. The SMILES string of the molecule is CC[P-](Cl)(Cl)(Cl)(CC)CC. The second kappa shape index (κ2) is 2.39. The van der Waals surface area contributed by atoms with E-state index >= 15 is 0 Å². The second-order valence-corrected chi connectivity index (χ2v) is 19.7. The molecule has 0 radical (unpaired) electrons. The van der Waals surface area contributed by atoms with E-state index in [1.807, 2.05) is 20.8 Å². The summed E-state index contributed by atoms with van der Waals surface area (Å²) < 4.78 is -3.35. The molecular formula is C6H15Cl3P-. The predicted octanol–water partition coefficient (Wildman–Crippen LogP) is 4.60. The van der Waals surface area contributed by atoms with Crippen molar-refractivity contribution in [1.29, 1.82) is 0 Å². The van der Waals surface area contributed by atoms with Gasteiger partial charge in [-0.2, -0.15) is 0 Å². The van der Waals surface area contributed by atoms with Gasteiger partial charge in [-0.15, -0.1) is 0 Å². The Morgan fingerprint density at radius 3 is 1.00 bits per heavy atom. The summed E-state index contributed by atoms with van der Waals surface area (Å²) in [6.07, 6.45) is 2.05. The van der Waals surface area contributed by atoms with Gasteiger partial charge in [-0.05, 0) is 0 Å². The molecule has 0 aromatic carbocycles. The molecule has 0 unspecified atom stereocenters. The molecule has 0 aliphatic carbocycles. The van der Waals surface area contributed by atoms with Gasteiger partial charge >= 0.3 is 77.0 Å². The minimum absolute atomic E-state index is 0.683. The van der Waals surface area contributed by atoms with Crippen LogP contribution in [-0.4, -0.2) is 18.5 Å². The molecule has 0 aliphatic rings. The molecule has 0 aromatic heterocycles. The molecule has 0 bridgehead atoms. The monoisotopic (exact) mass is 223 g/mol. The van der Waals surface area contributed by atoms with E-state index in [4.69, 9.17) is 33.7 Å². The molecule has 0 spiro atoms. The van der Waals surface area contributed by atoms with Crippen LogP contribution < -0.4 is 0 Å². The first-order valence-electron chi connectivity index (χ1n) is 3.58. The molecule has 0 aliphatic heterocycles. The fourth-order valence-corrected chi connectivity index (χ4v) is 2.01. The van der Waals surface area contributed by atoms with E-state index in [9.17, 15) is 0 Å². The molecule has 0 N–H and O–H groups in total. The average Bonchev–Trinajstić information content (AvgIpc) is 1.90. The third kappa shape index (κ3) is 2.41. The van der Waals surface area contributed by atoms with Crippen LogP contribution in [0.3, 0.4) is 0 Å². The summed E-state index contributed by atoms with van der Waals surface area (Å²) in [4.78, 5) is 0. The van der Waals surface area contributed by atoms with Crippen LogP contribution in [-0.2, 0) is 0 Å². The first-order valence-corrected chi connectivity index (χ1v) is 9.53. The standard InChI is InChI=1S/C6H15Cl3P/c1-4-10(7,8,9,5-2)6-3/h4-6H2,1-3H3/q-1. The number of hydrogen-bond donors (Lipinski definition) is 0. The topological polar surface area (TPSA) is 0 Å². The number of hydrogen-bond acceptors (Lipinski definition) is 0. The Labute approximate surface area is 77.1 Å². The molecule has 0 rings (SSSR count).